The van der Waals surface area contributed by atoms with Crippen LogP contribution in [0, 0.1) is 17.3 Å². The first-order valence-corrected chi connectivity index (χ1v) is 6.96. The van der Waals surface area contributed by atoms with Gasteiger partial charge in [-0.3, -0.25) is 0 Å². The summed E-state index contributed by atoms with van der Waals surface area (Å²) < 4.78 is 0. The molecule has 0 aromatic heterocycles. The van der Waals surface area contributed by atoms with Gasteiger partial charge in [0.15, 0.2) is 0 Å². The van der Waals surface area contributed by atoms with Crippen molar-refractivity contribution in [2.24, 2.45) is 17.3 Å². The maximum absolute atomic E-state index is 5.58. The van der Waals surface area contributed by atoms with Crippen LogP contribution in [0.4, 0.5) is 0 Å². The first kappa shape index (κ1) is 14.0. The van der Waals surface area contributed by atoms with E-state index < -0.39 is 0 Å². The summed E-state index contributed by atoms with van der Waals surface area (Å²) in [7, 11) is 0. The lowest BCUT2D eigenvalue weighted by Gasteiger charge is -2.39. The molecule has 0 aromatic rings. The van der Waals surface area contributed by atoms with Crippen molar-refractivity contribution in [1.82, 2.24) is 4.90 Å². The lowest BCUT2D eigenvalue weighted by molar-refractivity contribution is 0.129. The minimum atomic E-state index is 0.407. The fourth-order valence-electron chi connectivity index (χ4n) is 2.71. The summed E-state index contributed by atoms with van der Waals surface area (Å²) in [6.45, 7) is 15.1. The van der Waals surface area contributed by atoms with Gasteiger partial charge in [0.2, 0.25) is 0 Å². The van der Waals surface area contributed by atoms with Crippen molar-refractivity contribution < 1.29 is 0 Å². The summed E-state index contributed by atoms with van der Waals surface area (Å²) >= 11 is 5.58. The molecule has 1 fully saturated rings. The summed E-state index contributed by atoms with van der Waals surface area (Å²) in [6.07, 6.45) is 2.39. The molecule has 1 rings (SSSR count). The molecule has 0 aliphatic carbocycles. The summed E-state index contributed by atoms with van der Waals surface area (Å²) in [6, 6.07) is 0.538. The van der Waals surface area contributed by atoms with Gasteiger partial charge >= 0.3 is 0 Å². The number of rotatable bonds is 2. The molecule has 0 radical (unpaired) electrons. The Morgan fingerprint density at radius 2 is 1.88 bits per heavy atom. The molecule has 1 aliphatic rings. The Morgan fingerprint density at radius 1 is 1.31 bits per heavy atom. The van der Waals surface area contributed by atoms with Crippen molar-refractivity contribution in [3.63, 3.8) is 0 Å². The Morgan fingerprint density at radius 3 is 2.31 bits per heavy atom. The van der Waals surface area contributed by atoms with Crippen LogP contribution in [0.2, 0.25) is 0 Å². The van der Waals surface area contributed by atoms with E-state index >= 15 is 0 Å². The molecule has 2 atom stereocenters. The third-order valence-corrected chi connectivity index (χ3v) is 4.61. The molecule has 1 aliphatic heterocycles. The molecule has 0 saturated carbocycles. The zero-order valence-electron chi connectivity index (χ0n) is 11.7. The van der Waals surface area contributed by atoms with Crippen LogP contribution >= 0.6 is 12.2 Å². The predicted octanol–water partition coefficient (Wildman–Crippen LogP) is 4.12. The van der Waals surface area contributed by atoms with Crippen LogP contribution in [0.1, 0.15) is 54.4 Å². The lowest BCUT2D eigenvalue weighted by Crippen LogP contribution is -2.43. The Labute approximate surface area is 107 Å². The molecular formula is C14H27NS. The van der Waals surface area contributed by atoms with Crippen LogP contribution in [0.15, 0.2) is 0 Å². The van der Waals surface area contributed by atoms with Crippen LogP contribution in [-0.2, 0) is 0 Å². The van der Waals surface area contributed by atoms with E-state index in [1.807, 2.05) is 0 Å². The molecule has 1 nitrogen and oxygen atoms in total. The number of hydrogen-bond donors (Lipinski definition) is 0. The van der Waals surface area contributed by atoms with E-state index in [0.717, 1.165) is 24.8 Å². The van der Waals surface area contributed by atoms with Crippen molar-refractivity contribution in [2.45, 2.75) is 60.4 Å². The van der Waals surface area contributed by atoms with Gasteiger partial charge in [0, 0.05) is 19.0 Å². The van der Waals surface area contributed by atoms with Gasteiger partial charge in [-0.2, -0.15) is 0 Å². The molecular weight excluding hydrogens is 214 g/mol. The Kier molecular flexibility index (Phi) is 4.39. The standard InChI is InChI=1S/C14H27NS/c1-10(2)14(6)8-12(5)7-13(16)15(9-14)11(3)4/h10-12H,7-9H2,1-6H3. The molecule has 0 amide bonds. The summed E-state index contributed by atoms with van der Waals surface area (Å²) in [4.78, 5) is 3.62. The fourth-order valence-corrected chi connectivity index (χ4v) is 3.27. The topological polar surface area (TPSA) is 3.24 Å². The second kappa shape index (κ2) is 5.03. The van der Waals surface area contributed by atoms with E-state index in [1.165, 1.54) is 11.4 Å². The highest BCUT2D eigenvalue weighted by Crippen LogP contribution is 2.39. The largest absolute Gasteiger partial charge is 0.363 e. The second-order valence-corrected chi connectivity index (χ2v) is 6.91. The van der Waals surface area contributed by atoms with Gasteiger partial charge in [0.25, 0.3) is 0 Å². The van der Waals surface area contributed by atoms with Crippen molar-refractivity contribution >= 4 is 17.2 Å². The third-order valence-electron chi connectivity index (χ3n) is 4.21. The molecule has 0 aromatic carbocycles. The Balaban J connectivity index is 2.94. The van der Waals surface area contributed by atoms with E-state index in [9.17, 15) is 0 Å². The fraction of sp³-hybridized carbons (Fsp3) is 0.929. The number of likely N-dealkylation sites (tertiary alicyclic amines) is 1. The van der Waals surface area contributed by atoms with Crippen LogP contribution in [0.25, 0.3) is 0 Å². The van der Waals surface area contributed by atoms with Crippen molar-refractivity contribution in [2.75, 3.05) is 6.54 Å². The van der Waals surface area contributed by atoms with Crippen molar-refractivity contribution in [3.05, 3.63) is 0 Å². The van der Waals surface area contributed by atoms with Gasteiger partial charge in [0.1, 0.15) is 0 Å². The first-order chi connectivity index (χ1) is 7.26. The average molecular weight is 241 g/mol. The molecule has 16 heavy (non-hydrogen) atoms. The maximum Gasteiger partial charge on any atom is 0.0784 e. The molecule has 1 saturated heterocycles. The van der Waals surface area contributed by atoms with E-state index in [1.54, 1.807) is 0 Å². The van der Waals surface area contributed by atoms with E-state index in [4.69, 9.17) is 12.2 Å². The minimum Gasteiger partial charge on any atom is -0.363 e. The third kappa shape index (κ3) is 2.97. The van der Waals surface area contributed by atoms with Gasteiger partial charge in [-0.1, -0.05) is 39.9 Å². The molecule has 2 heteroatoms. The van der Waals surface area contributed by atoms with Crippen molar-refractivity contribution in [1.29, 1.82) is 0 Å². The highest BCUT2D eigenvalue weighted by molar-refractivity contribution is 7.80. The van der Waals surface area contributed by atoms with E-state index in [2.05, 4.69) is 46.4 Å². The first-order valence-electron chi connectivity index (χ1n) is 6.55. The number of thiocarbonyl (C=S) groups is 1. The molecule has 94 valence electrons. The van der Waals surface area contributed by atoms with E-state index in [0.29, 0.717) is 11.5 Å². The Hall–Kier alpha value is -0.110. The normalized spacial score (nSPS) is 32.4. The van der Waals surface area contributed by atoms with Gasteiger partial charge in [-0.15, -0.1) is 0 Å². The summed E-state index contributed by atoms with van der Waals surface area (Å²) in [5.41, 5.74) is 0.407. The summed E-state index contributed by atoms with van der Waals surface area (Å²) in [5.74, 6) is 1.45. The lowest BCUT2D eigenvalue weighted by atomic mass is 9.73. The summed E-state index contributed by atoms with van der Waals surface area (Å²) in [5, 5.41) is 0. The maximum atomic E-state index is 5.58. The molecule has 0 bridgehead atoms. The van der Waals surface area contributed by atoms with Gasteiger partial charge < -0.3 is 4.90 Å². The minimum absolute atomic E-state index is 0.407. The average Bonchev–Trinajstić information content (AvgIpc) is 2.23. The van der Waals surface area contributed by atoms with E-state index in [-0.39, 0.29) is 0 Å². The highest BCUT2D eigenvalue weighted by atomic mass is 32.1. The second-order valence-electron chi connectivity index (χ2n) is 6.44. The number of nitrogens with zero attached hydrogens (tertiary/aromatic N) is 1. The quantitative estimate of drug-likeness (QED) is 0.669. The van der Waals surface area contributed by atoms with Gasteiger partial charge in [-0.05, 0) is 37.5 Å². The monoisotopic (exact) mass is 241 g/mol. The zero-order chi connectivity index (χ0) is 12.5. The predicted molar refractivity (Wildman–Crippen MR) is 75.8 cm³/mol. The van der Waals surface area contributed by atoms with Crippen LogP contribution in [-0.4, -0.2) is 22.5 Å². The molecule has 0 N–H and O–H groups in total. The highest BCUT2D eigenvalue weighted by Gasteiger charge is 2.36. The molecule has 2 unspecified atom stereocenters. The smallest absolute Gasteiger partial charge is 0.0784 e. The van der Waals surface area contributed by atoms with Gasteiger partial charge in [-0.25, -0.2) is 0 Å². The van der Waals surface area contributed by atoms with Crippen molar-refractivity contribution in [3.8, 4) is 0 Å². The SMILES string of the molecule is CC1CC(=S)N(C(C)C)CC(C)(C(C)C)C1. The molecule has 0 spiro atoms. The Bertz CT molecular complexity index is 259. The zero-order valence-corrected chi connectivity index (χ0v) is 12.5. The molecule has 1 heterocycles. The van der Waals surface area contributed by atoms with Crippen LogP contribution in [0.5, 0.6) is 0 Å². The van der Waals surface area contributed by atoms with Crippen LogP contribution < -0.4 is 0 Å². The van der Waals surface area contributed by atoms with Gasteiger partial charge in [0.05, 0.1) is 4.99 Å². The van der Waals surface area contributed by atoms with Crippen LogP contribution in [0.3, 0.4) is 0 Å². The number of hydrogen-bond acceptors (Lipinski definition) is 1.